The van der Waals surface area contributed by atoms with E-state index in [1.165, 1.54) is 51.6 Å². The maximum absolute atomic E-state index is 12.6. The molecule has 1 aliphatic heterocycles. The van der Waals surface area contributed by atoms with Crippen LogP contribution >= 0.6 is 0 Å². The van der Waals surface area contributed by atoms with Gasteiger partial charge in [0.05, 0.1) is 17.6 Å². The summed E-state index contributed by atoms with van der Waals surface area (Å²) in [6.45, 7) is 16.6. The van der Waals surface area contributed by atoms with Crippen LogP contribution in [0.5, 0.6) is 0 Å². The Morgan fingerprint density at radius 1 is 1.16 bits per heavy atom. The van der Waals surface area contributed by atoms with Crippen molar-refractivity contribution in [3.8, 4) is 11.3 Å². The topological polar surface area (TPSA) is 77.5 Å². The Kier molecular flexibility index (Phi) is 6.28. The normalized spacial score (nSPS) is 21.0. The summed E-state index contributed by atoms with van der Waals surface area (Å²) in [5.41, 5.74) is 7.29. The molecule has 0 spiro atoms. The van der Waals surface area contributed by atoms with Gasteiger partial charge in [0.1, 0.15) is 12.0 Å². The second kappa shape index (κ2) is 8.83. The molecule has 1 aromatic carbocycles. The summed E-state index contributed by atoms with van der Waals surface area (Å²) in [4.78, 5) is 16.7. The number of benzene rings is 1. The highest BCUT2D eigenvalue weighted by Gasteiger charge is 2.33. The van der Waals surface area contributed by atoms with Crippen LogP contribution in [0.15, 0.2) is 21.5 Å². The smallest absolute Gasteiger partial charge is 0.353 e. The summed E-state index contributed by atoms with van der Waals surface area (Å²) >= 11 is 0. The fraction of sp³-hybridized carbons (Fsp3) is 0.500. The van der Waals surface area contributed by atoms with Gasteiger partial charge in [-0.2, -0.15) is 4.98 Å². The Balaban J connectivity index is 1.76. The quantitative estimate of drug-likeness (QED) is 0.551. The van der Waals surface area contributed by atoms with Crippen molar-refractivity contribution in [2.45, 2.75) is 85.2 Å². The molecule has 2 unspecified atom stereocenters. The van der Waals surface area contributed by atoms with Crippen LogP contribution in [0.2, 0.25) is 0 Å². The fourth-order valence-electron chi connectivity index (χ4n) is 4.79. The molecule has 2 radical (unpaired) electrons. The predicted octanol–water partition coefficient (Wildman–Crippen LogP) is 4.98. The molecule has 0 aliphatic carbocycles. The number of aromatic nitrogens is 2. The molecule has 1 fully saturated rings. The average molecular weight is 437 g/mol. The van der Waals surface area contributed by atoms with Crippen molar-refractivity contribution in [2.75, 3.05) is 0 Å². The molecule has 0 amide bonds. The van der Waals surface area contributed by atoms with Gasteiger partial charge in [-0.15, -0.1) is 0 Å². The Morgan fingerprint density at radius 3 is 2.44 bits per heavy atom. The van der Waals surface area contributed by atoms with Gasteiger partial charge in [-0.05, 0) is 81.3 Å². The van der Waals surface area contributed by atoms with Gasteiger partial charge in [0.2, 0.25) is 5.71 Å². The maximum atomic E-state index is 12.6. The van der Waals surface area contributed by atoms with Gasteiger partial charge in [0, 0.05) is 18.2 Å². The first-order chi connectivity index (χ1) is 15.2. The van der Waals surface area contributed by atoms with Crippen molar-refractivity contribution >= 4 is 11.1 Å². The van der Waals surface area contributed by atoms with E-state index < -0.39 is 24.1 Å². The van der Waals surface area contributed by atoms with Crippen LogP contribution in [0, 0.1) is 34.6 Å². The standard InChI is InChI=1S/C26H32N2O4/c1-7-8-9-10-20-14(2)16(4)24(17(5)15(20)3)22-11-19-13-28(26(30)27-25(19)32-22)23-12-21(29)18(6)31-23/h6,11,13,18,21,23,29H,7-10,12H2,1-5H3/t18?,21-,23?/m1/s1. The van der Waals surface area contributed by atoms with E-state index in [-0.39, 0.29) is 6.42 Å². The van der Waals surface area contributed by atoms with E-state index in [0.29, 0.717) is 16.9 Å². The third kappa shape index (κ3) is 3.90. The minimum atomic E-state index is -0.811. The number of unbranched alkanes of at least 4 members (excludes halogenated alkanes) is 2. The second-order valence-corrected chi connectivity index (χ2v) is 8.97. The zero-order valence-electron chi connectivity index (χ0n) is 19.6. The Bertz CT molecular complexity index is 1170. The summed E-state index contributed by atoms with van der Waals surface area (Å²) in [7, 11) is 0. The number of ether oxygens (including phenoxy) is 1. The summed E-state index contributed by atoms with van der Waals surface area (Å²) in [6, 6.07) is 1.93. The molecule has 0 bridgehead atoms. The number of aliphatic hydroxyl groups excluding tert-OH is 1. The largest absolute Gasteiger partial charge is 0.437 e. The monoisotopic (exact) mass is 436 g/mol. The molecule has 2 aromatic heterocycles. The van der Waals surface area contributed by atoms with E-state index in [4.69, 9.17) is 16.1 Å². The summed E-state index contributed by atoms with van der Waals surface area (Å²) in [6.07, 6.45) is 4.38. The third-order valence-electron chi connectivity index (χ3n) is 6.94. The van der Waals surface area contributed by atoms with Crippen LogP contribution in [0.3, 0.4) is 0 Å². The number of furan rings is 1. The molecule has 170 valence electrons. The third-order valence-corrected chi connectivity index (χ3v) is 6.94. The van der Waals surface area contributed by atoms with Gasteiger partial charge in [-0.25, -0.2) is 4.79 Å². The van der Waals surface area contributed by atoms with Crippen molar-refractivity contribution < 1.29 is 14.3 Å². The molecule has 1 N–H and O–H groups in total. The average Bonchev–Trinajstić information content (AvgIpc) is 3.30. The fourth-order valence-corrected chi connectivity index (χ4v) is 4.79. The number of aliphatic hydroxyl groups is 1. The van der Waals surface area contributed by atoms with Crippen LogP contribution in [-0.2, 0) is 11.2 Å². The molecule has 3 heterocycles. The van der Waals surface area contributed by atoms with Crippen LogP contribution in [0.1, 0.15) is 66.7 Å². The van der Waals surface area contributed by atoms with E-state index in [1.807, 2.05) is 6.07 Å². The van der Waals surface area contributed by atoms with Gasteiger partial charge < -0.3 is 14.3 Å². The molecule has 6 heteroatoms. The van der Waals surface area contributed by atoms with E-state index >= 15 is 0 Å². The first kappa shape index (κ1) is 22.7. The molecule has 6 nitrogen and oxygen atoms in total. The van der Waals surface area contributed by atoms with E-state index in [9.17, 15) is 9.90 Å². The molecule has 1 aliphatic rings. The minimum absolute atomic E-state index is 0.245. The van der Waals surface area contributed by atoms with Gasteiger partial charge in [-0.1, -0.05) is 19.8 Å². The molecule has 0 saturated carbocycles. The minimum Gasteiger partial charge on any atom is -0.437 e. The van der Waals surface area contributed by atoms with Crippen LogP contribution in [0.25, 0.3) is 22.4 Å². The van der Waals surface area contributed by atoms with E-state index in [1.54, 1.807) is 6.20 Å². The Morgan fingerprint density at radius 2 is 1.84 bits per heavy atom. The molecule has 3 aromatic rings. The van der Waals surface area contributed by atoms with Gasteiger partial charge in [0.15, 0.2) is 0 Å². The summed E-state index contributed by atoms with van der Waals surface area (Å²) in [5, 5.41) is 10.6. The van der Waals surface area contributed by atoms with Crippen molar-refractivity contribution in [3.63, 3.8) is 0 Å². The van der Waals surface area contributed by atoms with Gasteiger partial charge in [-0.3, -0.25) is 4.57 Å². The van der Waals surface area contributed by atoms with Crippen molar-refractivity contribution in [3.05, 3.63) is 57.5 Å². The molecular formula is C26H32N2O4. The van der Waals surface area contributed by atoms with Crippen LogP contribution in [0.4, 0.5) is 0 Å². The summed E-state index contributed by atoms with van der Waals surface area (Å²) < 4.78 is 13.0. The Labute approximate surface area is 189 Å². The van der Waals surface area contributed by atoms with E-state index in [0.717, 1.165) is 12.0 Å². The zero-order valence-corrected chi connectivity index (χ0v) is 19.6. The molecule has 32 heavy (non-hydrogen) atoms. The van der Waals surface area contributed by atoms with E-state index in [2.05, 4.69) is 39.6 Å². The number of hydrogen-bond donors (Lipinski definition) is 1. The van der Waals surface area contributed by atoms with Crippen LogP contribution < -0.4 is 5.69 Å². The first-order valence-electron chi connectivity index (χ1n) is 11.4. The lowest BCUT2D eigenvalue weighted by molar-refractivity contribution is 0.00363. The molecule has 4 rings (SSSR count). The van der Waals surface area contributed by atoms with Crippen LogP contribution in [-0.4, -0.2) is 26.9 Å². The summed E-state index contributed by atoms with van der Waals surface area (Å²) in [5.74, 6) is 0.704. The number of fused-ring (bicyclic) bond motifs is 1. The second-order valence-electron chi connectivity index (χ2n) is 8.97. The number of rotatable bonds is 6. The van der Waals surface area contributed by atoms with Crippen molar-refractivity contribution in [1.29, 1.82) is 0 Å². The number of hydrogen-bond acceptors (Lipinski definition) is 5. The first-order valence-corrected chi connectivity index (χ1v) is 11.4. The lowest BCUT2D eigenvalue weighted by Gasteiger charge is -2.19. The lowest BCUT2D eigenvalue weighted by Crippen LogP contribution is -2.26. The molecular weight excluding hydrogens is 404 g/mol. The maximum Gasteiger partial charge on any atom is 0.353 e. The predicted molar refractivity (Wildman–Crippen MR) is 125 cm³/mol. The number of nitrogens with zero attached hydrogens (tertiary/aromatic N) is 2. The van der Waals surface area contributed by atoms with Crippen molar-refractivity contribution in [1.82, 2.24) is 9.55 Å². The highest BCUT2D eigenvalue weighted by molar-refractivity contribution is 5.82. The Hall–Kier alpha value is -2.44. The highest BCUT2D eigenvalue weighted by Crippen LogP contribution is 2.37. The van der Waals surface area contributed by atoms with Gasteiger partial charge >= 0.3 is 5.69 Å². The van der Waals surface area contributed by atoms with Crippen molar-refractivity contribution in [2.24, 2.45) is 0 Å². The zero-order chi connectivity index (χ0) is 23.2. The lowest BCUT2D eigenvalue weighted by atomic mass is 9.86. The molecule has 3 atom stereocenters. The van der Waals surface area contributed by atoms with Gasteiger partial charge in [0.25, 0.3) is 0 Å². The highest BCUT2D eigenvalue weighted by atomic mass is 16.5. The SMILES string of the molecule is [CH]C1OC(n2cc3cc(-c4c(C)c(C)c(CCCCC)c(C)c4C)oc3nc2=O)C[C@H]1O. The molecule has 1 saturated heterocycles.